The fourth-order valence-corrected chi connectivity index (χ4v) is 1.93. The fraction of sp³-hybridized carbons (Fsp3) is 0.500. The van der Waals surface area contributed by atoms with E-state index in [1.165, 1.54) is 0 Å². The second-order valence-corrected chi connectivity index (χ2v) is 4.67. The monoisotopic (exact) mass is 226 g/mol. The first-order valence-electron chi connectivity index (χ1n) is 5.12. The highest BCUT2D eigenvalue weighted by Gasteiger charge is 2.40. The number of hydrogen-bond donors (Lipinski definition) is 1. The van der Waals surface area contributed by atoms with Crippen molar-refractivity contribution in [2.75, 3.05) is 7.11 Å². The van der Waals surface area contributed by atoms with Crippen LogP contribution in [0.5, 0.6) is 0 Å². The summed E-state index contributed by atoms with van der Waals surface area (Å²) in [5, 5.41) is 10.5. The quantitative estimate of drug-likeness (QED) is 0.855. The van der Waals surface area contributed by atoms with Crippen molar-refractivity contribution in [1.29, 1.82) is 0 Å². The molecule has 1 aromatic rings. The Labute approximate surface area is 94.8 Å². The van der Waals surface area contributed by atoms with E-state index in [0.29, 0.717) is 13.0 Å². The average Bonchev–Trinajstić information content (AvgIpc) is 2.89. The highest BCUT2D eigenvalue weighted by atomic mass is 35.5. The zero-order chi connectivity index (χ0) is 10.9. The van der Waals surface area contributed by atoms with Gasteiger partial charge in [-0.25, -0.2) is 0 Å². The molecule has 0 unspecified atom stereocenters. The molecule has 1 aliphatic carbocycles. The highest BCUT2D eigenvalue weighted by Crippen LogP contribution is 2.38. The summed E-state index contributed by atoms with van der Waals surface area (Å²) in [7, 11) is 1.65. The molecule has 1 fully saturated rings. The molecular weight excluding hydrogens is 212 g/mol. The van der Waals surface area contributed by atoms with Crippen molar-refractivity contribution in [3.8, 4) is 0 Å². The SMILES string of the molecule is COCc1ccc(CC2(O)CC2)cc1Cl. The Morgan fingerprint density at radius 3 is 2.73 bits per heavy atom. The van der Waals surface area contributed by atoms with E-state index in [0.717, 1.165) is 29.0 Å². The van der Waals surface area contributed by atoms with Crippen LogP contribution in [0.25, 0.3) is 0 Å². The van der Waals surface area contributed by atoms with Crippen LogP contribution >= 0.6 is 11.6 Å². The number of hydrogen-bond acceptors (Lipinski definition) is 2. The number of benzene rings is 1. The second-order valence-electron chi connectivity index (χ2n) is 4.26. The summed E-state index contributed by atoms with van der Waals surface area (Å²) in [5.41, 5.74) is 1.64. The van der Waals surface area contributed by atoms with Crippen LogP contribution in [0.15, 0.2) is 18.2 Å². The van der Waals surface area contributed by atoms with Gasteiger partial charge in [-0.3, -0.25) is 0 Å². The largest absolute Gasteiger partial charge is 0.390 e. The van der Waals surface area contributed by atoms with Crippen LogP contribution in [0.2, 0.25) is 5.02 Å². The van der Waals surface area contributed by atoms with Crippen LogP contribution in [0, 0.1) is 0 Å². The third-order valence-corrected chi connectivity index (χ3v) is 3.13. The molecule has 1 saturated carbocycles. The molecule has 1 aliphatic rings. The van der Waals surface area contributed by atoms with Gasteiger partial charge in [-0.2, -0.15) is 0 Å². The molecule has 1 N–H and O–H groups in total. The van der Waals surface area contributed by atoms with E-state index in [2.05, 4.69) is 0 Å². The summed E-state index contributed by atoms with van der Waals surface area (Å²) >= 11 is 6.10. The minimum absolute atomic E-state index is 0.452. The van der Waals surface area contributed by atoms with Gasteiger partial charge in [-0.15, -0.1) is 0 Å². The molecule has 15 heavy (non-hydrogen) atoms. The molecule has 3 heteroatoms. The predicted molar refractivity (Wildman–Crippen MR) is 60.1 cm³/mol. The third kappa shape index (κ3) is 2.71. The molecule has 1 aromatic carbocycles. The zero-order valence-electron chi connectivity index (χ0n) is 8.79. The van der Waals surface area contributed by atoms with Gasteiger partial charge in [0.1, 0.15) is 0 Å². The predicted octanol–water partition coefficient (Wildman–Crippen LogP) is 2.55. The number of halogens is 1. The third-order valence-electron chi connectivity index (χ3n) is 2.78. The summed E-state index contributed by atoms with van der Waals surface area (Å²) < 4.78 is 5.03. The van der Waals surface area contributed by atoms with E-state index in [4.69, 9.17) is 16.3 Å². The van der Waals surface area contributed by atoms with E-state index in [1.807, 2.05) is 18.2 Å². The number of methoxy groups -OCH3 is 1. The van der Waals surface area contributed by atoms with Gasteiger partial charge >= 0.3 is 0 Å². The molecule has 0 atom stereocenters. The molecule has 2 rings (SSSR count). The first-order chi connectivity index (χ1) is 7.13. The van der Waals surface area contributed by atoms with Crippen molar-refractivity contribution in [3.05, 3.63) is 34.3 Å². The lowest BCUT2D eigenvalue weighted by molar-refractivity contribution is 0.151. The van der Waals surface area contributed by atoms with Gasteiger partial charge in [-0.1, -0.05) is 23.7 Å². The van der Waals surface area contributed by atoms with Gasteiger partial charge in [0.15, 0.2) is 0 Å². The highest BCUT2D eigenvalue weighted by molar-refractivity contribution is 6.31. The lowest BCUT2D eigenvalue weighted by atomic mass is 10.0. The Bertz CT molecular complexity index is 359. The van der Waals surface area contributed by atoms with Gasteiger partial charge in [0, 0.05) is 18.6 Å². The molecule has 0 spiro atoms. The summed E-state index contributed by atoms with van der Waals surface area (Å²) in [5.74, 6) is 0. The topological polar surface area (TPSA) is 29.5 Å². The molecule has 82 valence electrons. The van der Waals surface area contributed by atoms with Gasteiger partial charge < -0.3 is 9.84 Å². The van der Waals surface area contributed by atoms with E-state index in [9.17, 15) is 5.11 Å². The van der Waals surface area contributed by atoms with Gasteiger partial charge in [0.25, 0.3) is 0 Å². The van der Waals surface area contributed by atoms with Crippen molar-refractivity contribution in [1.82, 2.24) is 0 Å². The summed E-state index contributed by atoms with van der Waals surface area (Å²) in [4.78, 5) is 0. The lowest BCUT2D eigenvalue weighted by Crippen LogP contribution is -2.10. The maximum Gasteiger partial charge on any atom is 0.0727 e. The van der Waals surface area contributed by atoms with Crippen LogP contribution in [0.3, 0.4) is 0 Å². The molecule has 0 saturated heterocycles. The Kier molecular flexibility index (Phi) is 3.01. The standard InChI is InChI=1S/C12H15ClO2/c1-15-8-10-3-2-9(6-11(10)13)7-12(14)4-5-12/h2-3,6,14H,4-5,7-8H2,1H3. The van der Waals surface area contributed by atoms with Crippen LogP contribution in [0.4, 0.5) is 0 Å². The van der Waals surface area contributed by atoms with E-state index >= 15 is 0 Å². The minimum atomic E-state index is -0.452. The maximum atomic E-state index is 9.78. The van der Waals surface area contributed by atoms with Crippen molar-refractivity contribution in [2.45, 2.75) is 31.5 Å². The Balaban J connectivity index is 2.10. The molecule has 0 radical (unpaired) electrons. The summed E-state index contributed by atoms with van der Waals surface area (Å²) in [6.07, 6.45) is 2.52. The van der Waals surface area contributed by atoms with E-state index in [1.54, 1.807) is 7.11 Å². The maximum absolute atomic E-state index is 9.78. The smallest absolute Gasteiger partial charge is 0.0727 e. The first kappa shape index (κ1) is 10.9. The molecule has 2 nitrogen and oxygen atoms in total. The average molecular weight is 227 g/mol. The number of rotatable bonds is 4. The van der Waals surface area contributed by atoms with Gasteiger partial charge in [0.2, 0.25) is 0 Å². The molecule has 0 bridgehead atoms. The lowest BCUT2D eigenvalue weighted by Gasteiger charge is -2.09. The molecule has 0 aromatic heterocycles. The van der Waals surface area contributed by atoms with Crippen LogP contribution < -0.4 is 0 Å². The fourth-order valence-electron chi connectivity index (χ4n) is 1.67. The zero-order valence-corrected chi connectivity index (χ0v) is 9.55. The molecule has 0 amide bonds. The minimum Gasteiger partial charge on any atom is -0.390 e. The normalized spacial score (nSPS) is 17.8. The van der Waals surface area contributed by atoms with Crippen LogP contribution in [0.1, 0.15) is 24.0 Å². The Morgan fingerprint density at radius 2 is 2.20 bits per heavy atom. The van der Waals surface area contributed by atoms with Gasteiger partial charge in [-0.05, 0) is 30.0 Å². The number of aliphatic hydroxyl groups is 1. The summed E-state index contributed by atoms with van der Waals surface area (Å²) in [6.45, 7) is 0.531. The van der Waals surface area contributed by atoms with Crippen LogP contribution in [-0.2, 0) is 17.8 Å². The second kappa shape index (κ2) is 4.12. The number of ether oxygens (including phenoxy) is 1. The van der Waals surface area contributed by atoms with Crippen molar-refractivity contribution < 1.29 is 9.84 Å². The first-order valence-corrected chi connectivity index (χ1v) is 5.49. The summed E-state index contributed by atoms with van der Waals surface area (Å²) in [6, 6.07) is 5.90. The Hall–Kier alpha value is -0.570. The Morgan fingerprint density at radius 1 is 1.47 bits per heavy atom. The molecular formula is C12H15ClO2. The van der Waals surface area contributed by atoms with E-state index in [-0.39, 0.29) is 0 Å². The van der Waals surface area contributed by atoms with Crippen molar-refractivity contribution in [3.63, 3.8) is 0 Å². The van der Waals surface area contributed by atoms with Gasteiger partial charge in [0.05, 0.1) is 12.2 Å². The van der Waals surface area contributed by atoms with Crippen molar-refractivity contribution in [2.24, 2.45) is 0 Å². The molecule has 0 aliphatic heterocycles. The van der Waals surface area contributed by atoms with Crippen molar-refractivity contribution >= 4 is 11.6 Å². The van der Waals surface area contributed by atoms with Crippen LogP contribution in [-0.4, -0.2) is 17.8 Å². The van der Waals surface area contributed by atoms with E-state index < -0.39 is 5.60 Å². The molecule has 0 heterocycles.